The van der Waals surface area contributed by atoms with Crippen LogP contribution < -0.4 is 0 Å². The summed E-state index contributed by atoms with van der Waals surface area (Å²) in [4.78, 5) is 2.24. The molecular weight excluding hydrogens is 470 g/mol. The first-order valence-electron chi connectivity index (χ1n) is 14.9. The third-order valence-electron chi connectivity index (χ3n) is 6.10. The standard InChI is InChI=1S/C22H24.C10H19N.3C2H6/c1-6-19-12-11-17(4)22(15-19)20(7-2)14-18(5)21-10-8-9-16(3)13-21;1-6-10(7-2)9(4)11(5)8-3;3*1-2/h7-15H,2,5-6H2,1,3-4H3;6H,1,7-8H2,2-5H3;3*1-2H3/b20-14-;10-9+;;;. The molecule has 2 rings (SSSR count). The highest BCUT2D eigenvalue weighted by Crippen LogP contribution is 2.26. The molecule has 0 radical (unpaired) electrons. The van der Waals surface area contributed by atoms with Crippen LogP contribution in [0, 0.1) is 13.8 Å². The summed E-state index contributed by atoms with van der Waals surface area (Å²) in [5.41, 5.74) is 11.1. The van der Waals surface area contributed by atoms with E-state index >= 15 is 0 Å². The fraction of sp³-hybridized carbons (Fsp3) is 0.421. The molecule has 0 saturated heterocycles. The van der Waals surface area contributed by atoms with E-state index in [1.165, 1.54) is 33.5 Å². The van der Waals surface area contributed by atoms with Crippen molar-refractivity contribution in [2.75, 3.05) is 13.6 Å². The molecule has 0 atom stereocenters. The van der Waals surface area contributed by atoms with Gasteiger partial charge in [-0.15, -0.1) is 0 Å². The lowest BCUT2D eigenvalue weighted by atomic mass is 9.94. The van der Waals surface area contributed by atoms with E-state index in [0.717, 1.165) is 36.1 Å². The van der Waals surface area contributed by atoms with Crippen molar-refractivity contribution >= 4 is 11.1 Å². The van der Waals surface area contributed by atoms with Gasteiger partial charge in [0.05, 0.1) is 0 Å². The lowest BCUT2D eigenvalue weighted by Gasteiger charge is -2.19. The molecule has 0 aliphatic carbocycles. The number of allylic oxidation sites excluding steroid dienone is 7. The van der Waals surface area contributed by atoms with Crippen LogP contribution in [0.25, 0.3) is 11.1 Å². The Bertz CT molecular complexity index is 1020. The molecule has 0 N–H and O–H groups in total. The molecule has 0 fully saturated rings. The lowest BCUT2D eigenvalue weighted by molar-refractivity contribution is 0.438. The number of aryl methyl sites for hydroxylation is 3. The second kappa shape index (κ2) is 25.2. The maximum absolute atomic E-state index is 4.23. The molecule has 0 bridgehead atoms. The third-order valence-corrected chi connectivity index (χ3v) is 6.10. The zero-order valence-electron chi connectivity index (χ0n) is 28.0. The monoisotopic (exact) mass is 531 g/mol. The van der Waals surface area contributed by atoms with E-state index in [-0.39, 0.29) is 0 Å². The van der Waals surface area contributed by atoms with Crippen LogP contribution in [0.4, 0.5) is 0 Å². The van der Waals surface area contributed by atoms with Crippen molar-refractivity contribution in [3.63, 3.8) is 0 Å². The summed E-state index contributed by atoms with van der Waals surface area (Å²) < 4.78 is 0. The topological polar surface area (TPSA) is 3.24 Å². The van der Waals surface area contributed by atoms with Crippen LogP contribution >= 0.6 is 0 Å². The zero-order valence-corrected chi connectivity index (χ0v) is 28.0. The molecule has 0 amide bonds. The molecule has 2 aromatic rings. The summed E-state index contributed by atoms with van der Waals surface area (Å²) in [6.07, 6.45) is 8.10. The molecule has 1 nitrogen and oxygen atoms in total. The second-order valence-corrected chi connectivity index (χ2v) is 8.38. The van der Waals surface area contributed by atoms with Crippen LogP contribution in [-0.4, -0.2) is 18.5 Å². The van der Waals surface area contributed by atoms with Crippen molar-refractivity contribution in [2.24, 2.45) is 0 Å². The van der Waals surface area contributed by atoms with Gasteiger partial charge in [0.2, 0.25) is 0 Å². The van der Waals surface area contributed by atoms with Gasteiger partial charge in [-0.25, -0.2) is 0 Å². The average molecular weight is 532 g/mol. The molecule has 0 heterocycles. The van der Waals surface area contributed by atoms with Crippen LogP contribution in [0.3, 0.4) is 0 Å². The first kappa shape index (κ1) is 40.4. The minimum absolute atomic E-state index is 1.01. The normalized spacial score (nSPS) is 10.3. The minimum atomic E-state index is 1.01. The van der Waals surface area contributed by atoms with Crippen molar-refractivity contribution in [2.45, 2.75) is 95.9 Å². The first-order valence-corrected chi connectivity index (χ1v) is 14.9. The van der Waals surface area contributed by atoms with Crippen molar-refractivity contribution in [3.8, 4) is 0 Å². The highest BCUT2D eigenvalue weighted by atomic mass is 15.1. The Morgan fingerprint density at radius 3 is 1.87 bits per heavy atom. The minimum Gasteiger partial charge on any atom is -0.378 e. The molecule has 0 aromatic heterocycles. The Labute approximate surface area is 244 Å². The number of benzene rings is 2. The van der Waals surface area contributed by atoms with Gasteiger partial charge in [0.1, 0.15) is 0 Å². The van der Waals surface area contributed by atoms with E-state index in [1.807, 2.05) is 53.7 Å². The van der Waals surface area contributed by atoms with Gasteiger partial charge in [0.25, 0.3) is 0 Å². The van der Waals surface area contributed by atoms with Gasteiger partial charge in [-0.3, -0.25) is 0 Å². The molecule has 0 aliphatic rings. The van der Waals surface area contributed by atoms with Gasteiger partial charge in [0.15, 0.2) is 0 Å². The Hall–Kier alpha value is -3.06. The molecule has 0 aliphatic heterocycles. The SMILES string of the molecule is C=C/C(=C/C(=C)c1cccc(C)c1)c1cc(CC)ccc1C.C=C/C(CC)=C(/C)N(C)CC.CC.CC.CC. The highest BCUT2D eigenvalue weighted by Gasteiger charge is 2.05. The fourth-order valence-corrected chi connectivity index (χ4v) is 3.59. The Kier molecular flexibility index (Phi) is 26.2. The summed E-state index contributed by atoms with van der Waals surface area (Å²) in [6.45, 7) is 37.9. The molecule has 39 heavy (non-hydrogen) atoms. The number of hydrogen-bond acceptors (Lipinski definition) is 1. The van der Waals surface area contributed by atoms with Crippen molar-refractivity contribution in [1.82, 2.24) is 4.90 Å². The predicted octanol–water partition coefficient (Wildman–Crippen LogP) is 12.0. The van der Waals surface area contributed by atoms with Gasteiger partial charge >= 0.3 is 0 Å². The Morgan fingerprint density at radius 1 is 0.846 bits per heavy atom. The van der Waals surface area contributed by atoms with Crippen LogP contribution in [0.15, 0.2) is 91.7 Å². The summed E-state index contributed by atoms with van der Waals surface area (Å²) in [6, 6.07) is 15.1. The quantitative estimate of drug-likeness (QED) is 0.291. The fourth-order valence-electron chi connectivity index (χ4n) is 3.59. The van der Waals surface area contributed by atoms with Crippen molar-refractivity contribution < 1.29 is 0 Å². The van der Waals surface area contributed by atoms with Crippen molar-refractivity contribution in [3.05, 3.63) is 120 Å². The third kappa shape index (κ3) is 15.2. The molecule has 0 spiro atoms. The van der Waals surface area contributed by atoms with Crippen LogP contribution in [0.5, 0.6) is 0 Å². The Morgan fingerprint density at radius 2 is 1.44 bits per heavy atom. The van der Waals surface area contributed by atoms with Gasteiger partial charge in [0, 0.05) is 19.3 Å². The summed E-state index contributed by atoms with van der Waals surface area (Å²) in [5, 5.41) is 0. The van der Waals surface area contributed by atoms with Gasteiger partial charge in [-0.1, -0.05) is 135 Å². The largest absolute Gasteiger partial charge is 0.378 e. The molecule has 0 unspecified atom stereocenters. The maximum Gasteiger partial charge on any atom is 0.0143 e. The molecular formula is C38H61N. The van der Waals surface area contributed by atoms with Gasteiger partial charge in [-0.2, -0.15) is 0 Å². The van der Waals surface area contributed by atoms with Gasteiger partial charge in [-0.05, 0) is 85.6 Å². The van der Waals surface area contributed by atoms with Crippen molar-refractivity contribution in [1.29, 1.82) is 0 Å². The van der Waals surface area contributed by atoms with Crippen LogP contribution in [0.1, 0.15) is 103 Å². The molecule has 218 valence electrons. The van der Waals surface area contributed by atoms with Crippen LogP contribution in [0.2, 0.25) is 0 Å². The number of nitrogens with zero attached hydrogens (tertiary/aromatic N) is 1. The van der Waals surface area contributed by atoms with E-state index < -0.39 is 0 Å². The number of hydrogen-bond donors (Lipinski definition) is 0. The maximum atomic E-state index is 4.23. The first-order chi connectivity index (χ1) is 18.7. The smallest absolute Gasteiger partial charge is 0.0143 e. The second-order valence-electron chi connectivity index (χ2n) is 8.38. The van der Waals surface area contributed by atoms with E-state index in [9.17, 15) is 0 Å². The Balaban J connectivity index is -0.000000645. The molecule has 0 saturated carbocycles. The lowest BCUT2D eigenvalue weighted by Crippen LogP contribution is -2.16. The summed E-state index contributed by atoms with van der Waals surface area (Å²) >= 11 is 0. The van der Waals surface area contributed by atoms with E-state index in [4.69, 9.17) is 0 Å². The average Bonchev–Trinajstić information content (AvgIpc) is 2.99. The number of rotatable bonds is 9. The van der Waals surface area contributed by atoms with Crippen LogP contribution in [-0.2, 0) is 6.42 Å². The summed E-state index contributed by atoms with van der Waals surface area (Å²) in [5.74, 6) is 0. The van der Waals surface area contributed by atoms with E-state index in [0.29, 0.717) is 0 Å². The van der Waals surface area contributed by atoms with Gasteiger partial charge < -0.3 is 4.90 Å². The summed E-state index contributed by atoms with van der Waals surface area (Å²) in [7, 11) is 2.11. The molecule has 1 heteroatoms. The highest BCUT2D eigenvalue weighted by molar-refractivity contribution is 5.87. The zero-order chi connectivity index (χ0) is 31.0. The molecule has 2 aromatic carbocycles. The van der Waals surface area contributed by atoms with E-state index in [2.05, 4.69) is 122 Å². The van der Waals surface area contributed by atoms with E-state index in [1.54, 1.807) is 0 Å². The predicted molar refractivity (Wildman–Crippen MR) is 184 cm³/mol.